The molecule has 0 saturated carbocycles. The van der Waals surface area contributed by atoms with Crippen LogP contribution in [0.4, 0.5) is 0 Å². The maximum absolute atomic E-state index is 13.2. The summed E-state index contributed by atoms with van der Waals surface area (Å²) in [4.78, 5) is 38.2. The Bertz CT molecular complexity index is 1760. The lowest BCUT2D eigenvalue weighted by Crippen LogP contribution is -2.29. The largest absolute Gasteiger partial charge is 0.493 e. The second kappa shape index (κ2) is 11.3. The van der Waals surface area contributed by atoms with Crippen molar-refractivity contribution in [1.29, 1.82) is 0 Å². The highest BCUT2D eigenvalue weighted by Crippen LogP contribution is 2.33. The van der Waals surface area contributed by atoms with E-state index in [1.807, 2.05) is 47.2 Å². The highest BCUT2D eigenvalue weighted by atomic mass is 35.5. The fraction of sp³-hybridized carbons (Fsp3) is 0.200. The molecule has 4 bridgehead atoms. The lowest BCUT2D eigenvalue weighted by atomic mass is 10.1. The van der Waals surface area contributed by atoms with Crippen LogP contribution in [0.1, 0.15) is 28.2 Å². The fourth-order valence-electron chi connectivity index (χ4n) is 4.81. The van der Waals surface area contributed by atoms with Gasteiger partial charge in [0.1, 0.15) is 11.6 Å². The van der Waals surface area contributed by atoms with Gasteiger partial charge >= 0.3 is 0 Å². The summed E-state index contributed by atoms with van der Waals surface area (Å²) in [6.45, 7) is 0.514. The van der Waals surface area contributed by atoms with E-state index in [9.17, 15) is 9.59 Å². The molecular weight excluding hydrogens is 544 g/mol. The van der Waals surface area contributed by atoms with Gasteiger partial charge in [-0.15, -0.1) is 0 Å². The minimum absolute atomic E-state index is 0.181. The molecule has 0 saturated heterocycles. The average Bonchev–Trinajstić information content (AvgIpc) is 3.63. The number of methoxy groups -OCH3 is 1. The number of aryl methyl sites for hydroxylation is 1. The quantitative estimate of drug-likeness (QED) is 0.259. The number of benzene rings is 3. The number of nitrogens with one attached hydrogen (secondary N) is 3. The highest BCUT2D eigenvalue weighted by molar-refractivity contribution is 6.31. The van der Waals surface area contributed by atoms with Gasteiger partial charge in [-0.25, -0.2) is 9.97 Å². The molecule has 3 N–H and O–H groups in total. The minimum atomic E-state index is -0.293. The summed E-state index contributed by atoms with van der Waals surface area (Å²) in [6.07, 6.45) is 4.91. The molecular formula is C30H27ClN6O4. The van der Waals surface area contributed by atoms with E-state index < -0.39 is 0 Å². The summed E-state index contributed by atoms with van der Waals surface area (Å²) < 4.78 is 13.1. The SMILES string of the molecule is COc1ccc2cc1OCC(=O)NCc1cc(C(=O)NCCCc3nc4ccc(Cl)cc4[nH]3)cc(c1)-n1ccnc1-2. The number of rotatable bonds is 6. The van der Waals surface area contributed by atoms with Crippen LogP contribution in [-0.2, 0) is 17.8 Å². The van der Waals surface area contributed by atoms with Crippen LogP contribution in [0.3, 0.4) is 0 Å². The molecule has 6 rings (SSSR count). The maximum atomic E-state index is 13.2. The first-order chi connectivity index (χ1) is 20.0. The molecule has 41 heavy (non-hydrogen) atoms. The number of aromatic amines is 1. The number of amides is 2. The molecule has 0 fully saturated rings. The number of H-pyrrole nitrogens is 1. The molecule has 2 amide bonds. The minimum Gasteiger partial charge on any atom is -0.493 e. The summed E-state index contributed by atoms with van der Waals surface area (Å²) in [5.74, 6) is 1.94. The van der Waals surface area contributed by atoms with Gasteiger partial charge in [-0.3, -0.25) is 14.2 Å². The van der Waals surface area contributed by atoms with Crippen molar-refractivity contribution in [2.24, 2.45) is 0 Å². The Morgan fingerprint density at radius 3 is 2.95 bits per heavy atom. The van der Waals surface area contributed by atoms with Crippen molar-refractivity contribution in [1.82, 2.24) is 30.2 Å². The van der Waals surface area contributed by atoms with E-state index in [1.54, 1.807) is 31.5 Å². The Morgan fingerprint density at radius 2 is 2.07 bits per heavy atom. The monoisotopic (exact) mass is 570 g/mol. The summed E-state index contributed by atoms with van der Waals surface area (Å²) in [5.41, 5.74) is 4.51. The number of carbonyl (C=O) groups is 2. The first-order valence-corrected chi connectivity index (χ1v) is 13.5. The molecule has 2 aromatic heterocycles. The molecule has 11 heteroatoms. The third-order valence-corrected chi connectivity index (χ3v) is 7.03. The number of hydrogen-bond donors (Lipinski definition) is 3. The molecule has 208 valence electrons. The second-order valence-corrected chi connectivity index (χ2v) is 10.1. The van der Waals surface area contributed by atoms with Gasteiger partial charge in [0.05, 0.1) is 18.1 Å². The van der Waals surface area contributed by atoms with Crippen LogP contribution < -0.4 is 20.1 Å². The number of halogens is 1. The Labute approximate surface area is 240 Å². The van der Waals surface area contributed by atoms with Crippen LogP contribution >= 0.6 is 11.6 Å². The first-order valence-electron chi connectivity index (χ1n) is 13.1. The number of fused-ring (bicyclic) bond motifs is 8. The van der Waals surface area contributed by atoms with Gasteiger partial charge < -0.3 is 25.1 Å². The molecule has 3 aromatic carbocycles. The fourth-order valence-corrected chi connectivity index (χ4v) is 4.98. The molecule has 1 aliphatic heterocycles. The molecule has 0 atom stereocenters. The molecule has 3 heterocycles. The lowest BCUT2D eigenvalue weighted by Gasteiger charge is -2.14. The van der Waals surface area contributed by atoms with E-state index in [-0.39, 0.29) is 25.0 Å². The summed E-state index contributed by atoms with van der Waals surface area (Å²) >= 11 is 6.07. The standard InChI is InChI=1S/C30H27ClN6O4/c1-40-25-7-4-19-14-26(25)41-17-28(38)34-16-18-11-20(13-22(12-18)37-10-9-32-29(19)37)30(39)33-8-2-3-27-35-23-6-5-21(31)15-24(23)36-27/h4-7,9-15H,2-3,8,16-17H2,1H3,(H,33,39)(H,34,38)(H,35,36). The zero-order valence-electron chi connectivity index (χ0n) is 22.2. The van der Waals surface area contributed by atoms with Crippen molar-refractivity contribution in [2.75, 3.05) is 20.3 Å². The summed E-state index contributed by atoms with van der Waals surface area (Å²) in [7, 11) is 1.55. The number of hydrogen-bond acceptors (Lipinski definition) is 6. The van der Waals surface area contributed by atoms with E-state index in [0.29, 0.717) is 47.3 Å². The maximum Gasteiger partial charge on any atom is 0.258 e. The van der Waals surface area contributed by atoms with Gasteiger partial charge in [-0.1, -0.05) is 11.6 Å². The van der Waals surface area contributed by atoms with Crippen LogP contribution in [0.5, 0.6) is 11.5 Å². The summed E-state index contributed by atoms with van der Waals surface area (Å²) in [5, 5.41) is 6.52. The van der Waals surface area contributed by atoms with Gasteiger partial charge in [0.15, 0.2) is 18.1 Å². The Hall–Kier alpha value is -4.83. The smallest absolute Gasteiger partial charge is 0.258 e. The van der Waals surface area contributed by atoms with Crippen LogP contribution in [0, 0.1) is 0 Å². The van der Waals surface area contributed by atoms with E-state index in [0.717, 1.165) is 33.7 Å². The molecule has 1 aliphatic rings. The van der Waals surface area contributed by atoms with Crippen molar-refractivity contribution in [2.45, 2.75) is 19.4 Å². The van der Waals surface area contributed by atoms with E-state index >= 15 is 0 Å². The van der Waals surface area contributed by atoms with Crippen LogP contribution in [-0.4, -0.2) is 51.6 Å². The second-order valence-electron chi connectivity index (χ2n) is 9.64. The van der Waals surface area contributed by atoms with E-state index in [1.165, 1.54) is 0 Å². The van der Waals surface area contributed by atoms with Gasteiger partial charge in [-0.2, -0.15) is 0 Å². The van der Waals surface area contributed by atoms with Gasteiger partial charge in [-0.05, 0) is 66.6 Å². The van der Waals surface area contributed by atoms with Gasteiger partial charge in [0.2, 0.25) is 0 Å². The Morgan fingerprint density at radius 1 is 1.17 bits per heavy atom. The Kier molecular flexibility index (Phi) is 7.30. The van der Waals surface area contributed by atoms with Crippen LogP contribution in [0.25, 0.3) is 28.1 Å². The highest BCUT2D eigenvalue weighted by Gasteiger charge is 2.17. The van der Waals surface area contributed by atoms with Crippen molar-refractivity contribution < 1.29 is 19.1 Å². The van der Waals surface area contributed by atoms with Crippen molar-refractivity contribution in [3.05, 3.63) is 89.0 Å². The molecule has 0 unspecified atom stereocenters. The van der Waals surface area contributed by atoms with E-state index in [4.69, 9.17) is 21.1 Å². The third kappa shape index (κ3) is 5.73. The topological polar surface area (TPSA) is 123 Å². The molecule has 5 aromatic rings. The number of carbonyl (C=O) groups excluding carboxylic acids is 2. The number of ether oxygens (including phenoxy) is 2. The zero-order valence-corrected chi connectivity index (χ0v) is 23.0. The van der Waals surface area contributed by atoms with E-state index in [2.05, 4.69) is 25.6 Å². The van der Waals surface area contributed by atoms with Crippen molar-refractivity contribution in [3.63, 3.8) is 0 Å². The predicted molar refractivity (Wildman–Crippen MR) is 155 cm³/mol. The normalized spacial score (nSPS) is 12.8. The van der Waals surface area contributed by atoms with Crippen molar-refractivity contribution >= 4 is 34.4 Å². The summed E-state index contributed by atoms with van der Waals surface area (Å²) in [6, 6.07) is 16.5. The lowest BCUT2D eigenvalue weighted by molar-refractivity contribution is -0.123. The van der Waals surface area contributed by atoms with Crippen LogP contribution in [0.15, 0.2) is 67.0 Å². The molecule has 10 nitrogen and oxygen atoms in total. The van der Waals surface area contributed by atoms with Crippen LogP contribution in [0.2, 0.25) is 5.02 Å². The zero-order chi connectivity index (χ0) is 28.3. The van der Waals surface area contributed by atoms with Gasteiger partial charge in [0, 0.05) is 53.7 Å². The molecule has 0 spiro atoms. The number of imidazole rings is 2. The predicted octanol–water partition coefficient (Wildman–Crippen LogP) is 4.45. The molecule has 0 radical (unpaired) electrons. The third-order valence-electron chi connectivity index (χ3n) is 6.80. The number of aromatic nitrogens is 4. The van der Waals surface area contributed by atoms with Crippen molar-refractivity contribution in [3.8, 4) is 28.6 Å². The number of nitrogens with zero attached hydrogens (tertiary/aromatic N) is 3. The first kappa shape index (κ1) is 26.4. The van der Waals surface area contributed by atoms with Gasteiger partial charge in [0.25, 0.3) is 11.8 Å². The Balaban J connectivity index is 1.23. The average molecular weight is 571 g/mol. The molecule has 0 aliphatic carbocycles.